The number of hydrogen-bond donors (Lipinski definition) is 2. The molecule has 1 heterocycles. The third-order valence-corrected chi connectivity index (χ3v) is 4.91. The molecule has 146 valence electrons. The van der Waals surface area contributed by atoms with Crippen LogP contribution in [0.1, 0.15) is 24.2 Å². The molecule has 0 saturated carbocycles. The Hall–Kier alpha value is -2.65. The highest BCUT2D eigenvalue weighted by Gasteiger charge is 2.23. The van der Waals surface area contributed by atoms with E-state index in [1.807, 2.05) is 6.92 Å². The zero-order valence-electron chi connectivity index (χ0n) is 15.3. The van der Waals surface area contributed by atoms with Crippen molar-refractivity contribution >= 4 is 21.6 Å². The fraction of sp³-hybridized carbons (Fsp3) is 0.333. The maximum atomic E-state index is 12.9. The quantitative estimate of drug-likeness (QED) is 0.599. The van der Waals surface area contributed by atoms with E-state index in [9.17, 15) is 13.2 Å². The Bertz CT molecular complexity index is 871. The molecule has 0 fully saturated rings. The number of anilines is 1. The van der Waals surface area contributed by atoms with Gasteiger partial charge in [-0.05, 0) is 26.0 Å². The van der Waals surface area contributed by atoms with E-state index in [-0.39, 0.29) is 22.7 Å². The zero-order chi connectivity index (χ0) is 19.7. The van der Waals surface area contributed by atoms with Crippen molar-refractivity contribution in [3.05, 3.63) is 48.3 Å². The van der Waals surface area contributed by atoms with Crippen LogP contribution in [0.2, 0.25) is 0 Å². The minimum atomic E-state index is -4.03. The van der Waals surface area contributed by atoms with Gasteiger partial charge in [0.15, 0.2) is 0 Å². The van der Waals surface area contributed by atoms with E-state index in [2.05, 4.69) is 15.0 Å². The molecule has 2 aromatic rings. The summed E-state index contributed by atoms with van der Waals surface area (Å²) < 4.78 is 38.7. The van der Waals surface area contributed by atoms with Crippen LogP contribution >= 0.6 is 0 Å². The van der Waals surface area contributed by atoms with E-state index in [0.29, 0.717) is 25.6 Å². The highest BCUT2D eigenvalue weighted by Crippen LogP contribution is 2.26. The van der Waals surface area contributed by atoms with Crippen molar-refractivity contribution in [2.45, 2.75) is 18.7 Å². The summed E-state index contributed by atoms with van der Waals surface area (Å²) in [6.07, 6.45) is 2.86. The molecule has 27 heavy (non-hydrogen) atoms. The number of aromatic nitrogens is 1. The fourth-order valence-electron chi connectivity index (χ4n) is 2.30. The Morgan fingerprint density at radius 1 is 1.15 bits per heavy atom. The van der Waals surface area contributed by atoms with Gasteiger partial charge in [0.1, 0.15) is 16.3 Å². The first-order valence-corrected chi connectivity index (χ1v) is 10.0. The Morgan fingerprint density at radius 3 is 2.67 bits per heavy atom. The average Bonchev–Trinajstić information content (AvgIpc) is 2.66. The summed E-state index contributed by atoms with van der Waals surface area (Å²) in [5.74, 6) is -0.137. The van der Waals surface area contributed by atoms with E-state index >= 15 is 0 Å². The van der Waals surface area contributed by atoms with Crippen LogP contribution in [0.3, 0.4) is 0 Å². The second kappa shape index (κ2) is 9.89. The van der Waals surface area contributed by atoms with E-state index in [1.54, 1.807) is 25.1 Å². The normalized spacial score (nSPS) is 11.0. The molecule has 0 unspecified atom stereocenters. The molecule has 0 atom stereocenters. The molecular formula is C18H23N3O5S. The summed E-state index contributed by atoms with van der Waals surface area (Å²) in [4.78, 5) is 16.2. The van der Waals surface area contributed by atoms with Gasteiger partial charge in [0.25, 0.3) is 15.9 Å². The largest absolute Gasteiger partial charge is 0.492 e. The second-order valence-corrected chi connectivity index (χ2v) is 7.01. The molecule has 1 aromatic carbocycles. The van der Waals surface area contributed by atoms with Crippen LogP contribution in [0.15, 0.2) is 47.6 Å². The van der Waals surface area contributed by atoms with E-state index in [1.165, 1.54) is 24.5 Å². The fourth-order valence-corrected chi connectivity index (χ4v) is 3.57. The lowest BCUT2D eigenvalue weighted by Crippen LogP contribution is -2.29. The third kappa shape index (κ3) is 5.66. The molecule has 9 heteroatoms. The lowest BCUT2D eigenvalue weighted by molar-refractivity contribution is 0.0919. The number of rotatable bonds is 10. The van der Waals surface area contributed by atoms with Crippen molar-refractivity contribution in [2.24, 2.45) is 0 Å². The first kappa shape index (κ1) is 20.7. The first-order chi connectivity index (χ1) is 13.0. The smallest absolute Gasteiger partial charge is 0.262 e. The van der Waals surface area contributed by atoms with Crippen molar-refractivity contribution in [2.75, 3.05) is 31.1 Å². The minimum absolute atomic E-state index is 0.0448. The van der Waals surface area contributed by atoms with E-state index in [4.69, 9.17) is 9.47 Å². The lowest BCUT2D eigenvalue weighted by Gasteiger charge is -2.14. The van der Waals surface area contributed by atoms with Gasteiger partial charge in [0.05, 0.1) is 25.0 Å². The Kier molecular flexibility index (Phi) is 7.56. The van der Waals surface area contributed by atoms with Gasteiger partial charge in [-0.25, -0.2) is 8.42 Å². The van der Waals surface area contributed by atoms with Crippen molar-refractivity contribution < 1.29 is 22.7 Å². The number of benzene rings is 1. The molecule has 2 N–H and O–H groups in total. The van der Waals surface area contributed by atoms with Gasteiger partial charge in [-0.15, -0.1) is 0 Å². The molecule has 0 aliphatic rings. The van der Waals surface area contributed by atoms with E-state index < -0.39 is 15.9 Å². The van der Waals surface area contributed by atoms with Gasteiger partial charge in [0.2, 0.25) is 0 Å². The van der Waals surface area contributed by atoms with Gasteiger partial charge in [-0.1, -0.05) is 12.1 Å². The highest BCUT2D eigenvalue weighted by atomic mass is 32.2. The third-order valence-electron chi connectivity index (χ3n) is 3.48. The molecule has 0 spiro atoms. The van der Waals surface area contributed by atoms with Crippen molar-refractivity contribution in [1.82, 2.24) is 10.3 Å². The van der Waals surface area contributed by atoms with Gasteiger partial charge in [-0.3, -0.25) is 14.5 Å². The molecular weight excluding hydrogens is 370 g/mol. The second-order valence-electron chi connectivity index (χ2n) is 5.36. The molecule has 0 aliphatic carbocycles. The zero-order valence-corrected chi connectivity index (χ0v) is 16.1. The molecule has 8 nitrogen and oxygen atoms in total. The molecule has 1 amide bonds. The average molecular weight is 393 g/mol. The number of pyridine rings is 1. The van der Waals surface area contributed by atoms with Crippen LogP contribution in [0.5, 0.6) is 5.75 Å². The summed E-state index contributed by atoms with van der Waals surface area (Å²) in [5, 5.41) is 2.65. The minimum Gasteiger partial charge on any atom is -0.492 e. The number of sulfonamides is 1. The van der Waals surface area contributed by atoms with Crippen LogP contribution in [0.4, 0.5) is 5.69 Å². The number of hydrogen-bond acceptors (Lipinski definition) is 6. The van der Waals surface area contributed by atoms with Crippen LogP contribution in [-0.4, -0.2) is 45.7 Å². The SMILES string of the molecule is CCOCCNC(=O)c1ccccc1S(=O)(=O)Nc1cnccc1OCC. The van der Waals surface area contributed by atoms with E-state index in [0.717, 1.165) is 0 Å². The molecule has 1 aromatic heterocycles. The molecule has 2 rings (SSSR count). The van der Waals surface area contributed by atoms with Gasteiger partial charge >= 0.3 is 0 Å². The summed E-state index contributed by atoms with van der Waals surface area (Å²) in [7, 11) is -4.03. The summed E-state index contributed by atoms with van der Waals surface area (Å²) in [6.45, 7) is 5.19. The number of nitrogens with zero attached hydrogens (tertiary/aromatic N) is 1. The maximum absolute atomic E-state index is 12.9. The predicted octanol–water partition coefficient (Wildman–Crippen LogP) is 2.05. The van der Waals surface area contributed by atoms with Crippen LogP contribution in [-0.2, 0) is 14.8 Å². The van der Waals surface area contributed by atoms with Gasteiger partial charge in [0, 0.05) is 25.4 Å². The predicted molar refractivity (Wildman–Crippen MR) is 101 cm³/mol. The maximum Gasteiger partial charge on any atom is 0.262 e. The molecule has 0 bridgehead atoms. The topological polar surface area (TPSA) is 107 Å². The van der Waals surface area contributed by atoms with Crippen molar-refractivity contribution in [3.63, 3.8) is 0 Å². The summed E-state index contributed by atoms with van der Waals surface area (Å²) in [5.41, 5.74) is 0.245. The van der Waals surface area contributed by atoms with Crippen LogP contribution < -0.4 is 14.8 Å². The standard InChI is InChI=1S/C18H23N3O5S/c1-3-25-12-11-20-18(22)14-7-5-6-8-17(14)27(23,24)21-15-13-19-10-9-16(15)26-4-2/h5-10,13,21H,3-4,11-12H2,1-2H3,(H,20,22). The molecule has 0 radical (unpaired) electrons. The lowest BCUT2D eigenvalue weighted by atomic mass is 10.2. The first-order valence-electron chi connectivity index (χ1n) is 8.54. The number of nitrogens with one attached hydrogen (secondary N) is 2. The highest BCUT2D eigenvalue weighted by molar-refractivity contribution is 7.92. The Labute approximate surface area is 159 Å². The van der Waals surface area contributed by atoms with Crippen LogP contribution in [0, 0.1) is 0 Å². The van der Waals surface area contributed by atoms with Crippen LogP contribution in [0.25, 0.3) is 0 Å². The Morgan fingerprint density at radius 2 is 1.93 bits per heavy atom. The van der Waals surface area contributed by atoms with Gasteiger partial charge in [-0.2, -0.15) is 0 Å². The number of carbonyl (C=O) groups is 1. The number of carbonyl (C=O) groups excluding carboxylic acids is 1. The Balaban J connectivity index is 2.25. The number of ether oxygens (including phenoxy) is 2. The summed E-state index contributed by atoms with van der Waals surface area (Å²) in [6, 6.07) is 7.55. The van der Waals surface area contributed by atoms with Crippen molar-refractivity contribution in [1.29, 1.82) is 0 Å². The summed E-state index contributed by atoms with van der Waals surface area (Å²) >= 11 is 0. The van der Waals surface area contributed by atoms with Gasteiger partial charge < -0.3 is 14.8 Å². The number of amides is 1. The van der Waals surface area contributed by atoms with Crippen molar-refractivity contribution in [3.8, 4) is 5.75 Å². The monoisotopic (exact) mass is 393 g/mol. The molecule has 0 aliphatic heterocycles. The molecule has 0 saturated heterocycles.